The maximum absolute atomic E-state index is 14.2. The van der Waals surface area contributed by atoms with Crippen LogP contribution in [-0.2, 0) is 66.4 Å². The highest BCUT2D eigenvalue weighted by Gasteiger charge is 2.66. The highest BCUT2D eigenvalue weighted by atomic mass is 16.8. The molecule has 31 atom stereocenters. The number of rotatable bonds is 18. The van der Waals surface area contributed by atoms with Crippen LogP contribution in [0.5, 0.6) is 0 Å². The highest BCUT2D eigenvalue weighted by molar-refractivity contribution is 5.79. The molecule has 7 fully saturated rings. The van der Waals surface area contributed by atoms with Gasteiger partial charge in [-0.3, -0.25) is 0 Å². The fourth-order valence-electron chi connectivity index (χ4n) is 9.81. The van der Waals surface area contributed by atoms with Crippen LogP contribution in [0.15, 0.2) is 12.7 Å². The number of aliphatic hydroxyl groups is 16. The molecule has 7 aliphatic rings. The third kappa shape index (κ3) is 11.7. The van der Waals surface area contributed by atoms with E-state index in [-0.39, 0.29) is 6.61 Å². The lowest BCUT2D eigenvalue weighted by Gasteiger charge is -2.55. The van der Waals surface area contributed by atoms with Crippen molar-refractivity contribution in [1.82, 2.24) is 0 Å². The van der Waals surface area contributed by atoms with Crippen molar-refractivity contribution in [2.24, 2.45) is 11.5 Å². The van der Waals surface area contributed by atoms with Crippen LogP contribution in [0, 0.1) is 0 Å². The molecule has 12 unspecified atom stereocenters. The Hall–Kier alpha value is -1.99. The highest BCUT2D eigenvalue weighted by Crippen LogP contribution is 2.44. The van der Waals surface area contributed by atoms with E-state index in [1.165, 1.54) is 13.0 Å². The lowest BCUT2D eigenvalue weighted by Crippen LogP contribution is -2.75. The molecule has 7 saturated heterocycles. The van der Waals surface area contributed by atoms with E-state index in [4.69, 9.17) is 73.0 Å². The fourth-order valence-corrected chi connectivity index (χ4v) is 9.81. The standard InChI is InChI=1S/C42H70N2O30/c1-3-4-62-37-28(60)26(58)29(16(9-48)66-37)68-40-35-34(74-42(41(61)72-35)5-12(50)18(43)32(73-42)21(53)13(51)6-45)30(17(10-49)67-40)69-36-19(44)31(23(55)15(8-47)64-36)70-39-33(25(57)22(54)14(7-46)65-39)71-38-27(59)24(56)20(52)11(2)63-38/h3,11-40,45-60H,1,4-10,43-44H2,2H3/t11?,12?,13-,14?,15?,16?,17?,18?,19?,20+,21-,22+,23+,24-,25+,26-,27?,28?,29+,30+,31-,32-,33?,34+,35?,36+,37-,38+,39+,40+,42+/m1/s1. The zero-order chi connectivity index (χ0) is 54.2. The molecule has 0 aromatic heterocycles. The Kier molecular flexibility index (Phi) is 20.2. The summed E-state index contributed by atoms with van der Waals surface area (Å²) in [5.41, 5.74) is 12.8. The fraction of sp³-hybridized carbons (Fsp3) is 0.929. The van der Waals surface area contributed by atoms with Gasteiger partial charge in [-0.15, -0.1) is 6.58 Å². The number of aliphatic hydroxyl groups excluding tert-OH is 16. The first kappa shape index (κ1) is 59.7. The Bertz CT molecular complexity index is 1820. The quantitative estimate of drug-likeness (QED) is 0.0448. The number of carbonyl (C=O) groups is 1. The van der Waals surface area contributed by atoms with Crippen LogP contribution in [-0.4, -0.2) is 317 Å². The Morgan fingerprint density at radius 3 is 1.77 bits per heavy atom. The first-order chi connectivity index (χ1) is 35.1. The van der Waals surface area contributed by atoms with Crippen LogP contribution in [0.25, 0.3) is 0 Å². The zero-order valence-electron chi connectivity index (χ0n) is 39.6. The molecule has 32 nitrogen and oxygen atoms in total. The second kappa shape index (κ2) is 25.0. The SMILES string of the molecule is C=CCO[C@@H]1OC(CO)[C@H](O[C@@H]2OC(CO)[C@H](O[C@@H]3OC(CO)[C@H](O)[C@H](O[C@@H]4OC(CO)[C@H](O)[C@H](O)C4O[C@@H]4OC(C)[C@H](O)[C@@H](O)C4O)C3N)[C@@H]3O[C@@]4(CC(O)C(N)[C@H]([C@H](O)[C@H](O)CO)O4)C(=O)OC23)[C@H](O)C1O. The Balaban J connectivity index is 1.21. The van der Waals surface area contributed by atoms with E-state index in [0.717, 1.165) is 0 Å². The second-order valence-corrected chi connectivity index (χ2v) is 19.0. The van der Waals surface area contributed by atoms with E-state index in [2.05, 4.69) is 6.58 Å². The Labute approximate surface area is 420 Å². The van der Waals surface area contributed by atoms with Gasteiger partial charge in [-0.2, -0.15) is 0 Å². The molecular weight excluding hydrogens is 1010 g/mol. The molecule has 0 aromatic carbocycles. The van der Waals surface area contributed by atoms with E-state index < -0.39 is 235 Å². The monoisotopic (exact) mass is 1080 g/mol. The molecule has 1 spiro atoms. The van der Waals surface area contributed by atoms with E-state index in [0.29, 0.717) is 0 Å². The minimum Gasteiger partial charge on any atom is -0.450 e. The largest absolute Gasteiger partial charge is 0.450 e. The van der Waals surface area contributed by atoms with Crippen LogP contribution in [0.1, 0.15) is 13.3 Å². The number of esters is 1. The number of hydrogen-bond acceptors (Lipinski definition) is 32. The number of ether oxygens (including phenoxy) is 13. The number of carbonyl (C=O) groups excluding carboxylic acids is 1. The number of nitrogens with two attached hydrogens (primary N) is 2. The van der Waals surface area contributed by atoms with Crippen molar-refractivity contribution in [2.75, 3.05) is 39.6 Å². The van der Waals surface area contributed by atoms with Crippen LogP contribution >= 0.6 is 0 Å². The summed E-state index contributed by atoms with van der Waals surface area (Å²) in [5.74, 6) is -4.22. The average Bonchev–Trinajstić information content (AvgIpc) is 3.38. The van der Waals surface area contributed by atoms with Gasteiger partial charge in [0.05, 0.1) is 63.9 Å². The molecule has 7 aliphatic heterocycles. The lowest BCUT2D eigenvalue weighted by molar-refractivity contribution is -0.421. The van der Waals surface area contributed by atoms with Crippen molar-refractivity contribution < 1.29 is 148 Å². The molecule has 32 heteroatoms. The van der Waals surface area contributed by atoms with Crippen molar-refractivity contribution in [3.63, 3.8) is 0 Å². The molecule has 428 valence electrons. The summed E-state index contributed by atoms with van der Waals surface area (Å²) in [6, 6.07) is -3.31. The van der Waals surface area contributed by atoms with Crippen molar-refractivity contribution in [3.05, 3.63) is 12.7 Å². The smallest absolute Gasteiger partial charge is 0.367 e. The van der Waals surface area contributed by atoms with Crippen molar-refractivity contribution in [2.45, 2.75) is 203 Å². The Morgan fingerprint density at radius 1 is 0.595 bits per heavy atom. The molecule has 20 N–H and O–H groups in total. The van der Waals surface area contributed by atoms with Gasteiger partial charge < -0.3 is 155 Å². The van der Waals surface area contributed by atoms with Gasteiger partial charge in [0, 0.05) is 6.42 Å². The molecule has 7 heterocycles. The number of fused-ring (bicyclic) bond motifs is 1. The van der Waals surface area contributed by atoms with Crippen molar-refractivity contribution >= 4 is 5.97 Å². The van der Waals surface area contributed by atoms with Gasteiger partial charge in [-0.1, -0.05) is 6.08 Å². The Morgan fingerprint density at radius 2 is 1.14 bits per heavy atom. The van der Waals surface area contributed by atoms with Gasteiger partial charge in [-0.25, -0.2) is 4.79 Å². The van der Waals surface area contributed by atoms with Gasteiger partial charge in [-0.05, 0) is 6.92 Å². The topological polar surface area (TPSA) is 513 Å². The lowest BCUT2D eigenvalue weighted by atomic mass is 9.87. The van der Waals surface area contributed by atoms with Crippen molar-refractivity contribution in [3.8, 4) is 0 Å². The van der Waals surface area contributed by atoms with Gasteiger partial charge in [0.25, 0.3) is 5.79 Å². The molecular formula is C42H70N2O30. The maximum atomic E-state index is 14.2. The third-order valence-electron chi connectivity index (χ3n) is 14.1. The van der Waals surface area contributed by atoms with Gasteiger partial charge in [0.2, 0.25) is 0 Å². The molecule has 0 aromatic rings. The minimum absolute atomic E-state index is 0.154. The van der Waals surface area contributed by atoms with E-state index in [1.54, 1.807) is 0 Å². The first-order valence-electron chi connectivity index (χ1n) is 23.8. The van der Waals surface area contributed by atoms with Gasteiger partial charge in [0.1, 0.15) is 122 Å². The van der Waals surface area contributed by atoms with E-state index >= 15 is 0 Å². The van der Waals surface area contributed by atoms with Gasteiger partial charge in [0.15, 0.2) is 37.6 Å². The predicted molar refractivity (Wildman–Crippen MR) is 229 cm³/mol. The van der Waals surface area contributed by atoms with Crippen LogP contribution in [0.2, 0.25) is 0 Å². The second-order valence-electron chi connectivity index (χ2n) is 19.0. The first-order valence-corrected chi connectivity index (χ1v) is 23.8. The molecule has 7 rings (SSSR count). The summed E-state index contributed by atoms with van der Waals surface area (Å²) in [4.78, 5) is 14.2. The number of hydrogen-bond donors (Lipinski definition) is 18. The molecule has 0 radical (unpaired) electrons. The predicted octanol–water partition coefficient (Wildman–Crippen LogP) is -12.2. The normalized spacial score (nSPS) is 50.9. The minimum atomic E-state index is -2.78. The molecule has 0 bridgehead atoms. The summed E-state index contributed by atoms with van der Waals surface area (Å²) < 4.78 is 76.6. The summed E-state index contributed by atoms with van der Waals surface area (Å²) in [7, 11) is 0. The van der Waals surface area contributed by atoms with E-state index in [9.17, 15) is 86.5 Å². The molecule has 0 amide bonds. The summed E-state index contributed by atoms with van der Waals surface area (Å²) in [5, 5.41) is 171. The maximum Gasteiger partial charge on any atom is 0.367 e. The van der Waals surface area contributed by atoms with Crippen LogP contribution in [0.4, 0.5) is 0 Å². The molecule has 0 aliphatic carbocycles. The zero-order valence-corrected chi connectivity index (χ0v) is 39.6. The van der Waals surface area contributed by atoms with Crippen LogP contribution < -0.4 is 11.5 Å². The molecule has 0 saturated carbocycles. The van der Waals surface area contributed by atoms with Gasteiger partial charge >= 0.3 is 5.97 Å². The van der Waals surface area contributed by atoms with Crippen LogP contribution in [0.3, 0.4) is 0 Å². The third-order valence-corrected chi connectivity index (χ3v) is 14.1. The summed E-state index contributed by atoms with van der Waals surface area (Å²) in [6.45, 7) is -0.199. The summed E-state index contributed by atoms with van der Waals surface area (Å²) >= 11 is 0. The summed E-state index contributed by atoms with van der Waals surface area (Å²) in [6.07, 6.45) is -50.2. The van der Waals surface area contributed by atoms with Crippen molar-refractivity contribution in [1.29, 1.82) is 0 Å². The van der Waals surface area contributed by atoms with E-state index in [1.807, 2.05) is 0 Å². The average molecular weight is 1080 g/mol. The molecule has 74 heavy (non-hydrogen) atoms.